The third-order valence-electron chi connectivity index (χ3n) is 4.51. The van der Waals surface area contributed by atoms with Crippen LogP contribution in [-0.2, 0) is 25.5 Å². The van der Waals surface area contributed by atoms with Gasteiger partial charge >= 0.3 is 5.97 Å². The van der Waals surface area contributed by atoms with Crippen molar-refractivity contribution in [3.8, 4) is 0 Å². The monoisotopic (exact) mass is 346 g/mol. The minimum atomic E-state index is -0.605. The molecule has 1 saturated carbocycles. The number of benzene rings is 1. The van der Waals surface area contributed by atoms with Crippen LogP contribution >= 0.6 is 0 Å². The maximum Gasteiger partial charge on any atom is 0.325 e. The predicted octanol–water partition coefficient (Wildman–Crippen LogP) is 1.68. The molecule has 136 valence electrons. The van der Waals surface area contributed by atoms with E-state index in [1.54, 1.807) is 11.9 Å². The molecule has 2 amide bonds. The normalized spacial score (nSPS) is 14.6. The highest BCUT2D eigenvalue weighted by Gasteiger charge is 2.22. The van der Waals surface area contributed by atoms with Gasteiger partial charge in [0, 0.05) is 13.1 Å². The summed E-state index contributed by atoms with van der Waals surface area (Å²) in [5.74, 6) is -1.06. The Labute approximate surface area is 148 Å². The van der Waals surface area contributed by atoms with Gasteiger partial charge in [0.15, 0.2) is 6.61 Å². The van der Waals surface area contributed by atoms with Crippen LogP contribution < -0.4 is 5.32 Å². The lowest BCUT2D eigenvalue weighted by Crippen LogP contribution is -2.41. The summed E-state index contributed by atoms with van der Waals surface area (Å²) in [7, 11) is 1.76. The zero-order chi connectivity index (χ0) is 18.1. The van der Waals surface area contributed by atoms with E-state index in [4.69, 9.17) is 4.74 Å². The van der Waals surface area contributed by atoms with Crippen molar-refractivity contribution in [3.05, 3.63) is 35.9 Å². The van der Waals surface area contributed by atoms with Crippen molar-refractivity contribution in [1.82, 2.24) is 10.2 Å². The molecule has 0 bridgehead atoms. The molecule has 1 aromatic carbocycles. The molecule has 0 radical (unpaired) electrons. The van der Waals surface area contributed by atoms with Gasteiger partial charge in [-0.05, 0) is 18.4 Å². The molecule has 1 aliphatic rings. The van der Waals surface area contributed by atoms with Crippen LogP contribution in [0.4, 0.5) is 0 Å². The Kier molecular flexibility index (Phi) is 7.44. The van der Waals surface area contributed by atoms with Crippen LogP contribution in [0.1, 0.15) is 37.7 Å². The van der Waals surface area contributed by atoms with E-state index in [0.717, 1.165) is 31.2 Å². The summed E-state index contributed by atoms with van der Waals surface area (Å²) in [5.41, 5.74) is 0.873. The van der Waals surface area contributed by atoms with E-state index in [1.165, 1.54) is 6.42 Å². The Bertz CT molecular complexity index is 582. The average molecular weight is 346 g/mol. The van der Waals surface area contributed by atoms with Gasteiger partial charge in [0.1, 0.15) is 6.54 Å². The van der Waals surface area contributed by atoms with Gasteiger partial charge in [-0.1, -0.05) is 49.6 Å². The number of likely N-dealkylation sites (N-methyl/N-ethyl adjacent to an activating group) is 1. The number of nitrogens with one attached hydrogen (secondary N) is 1. The van der Waals surface area contributed by atoms with E-state index >= 15 is 0 Å². The summed E-state index contributed by atoms with van der Waals surface area (Å²) in [6, 6.07) is 9.51. The second-order valence-electron chi connectivity index (χ2n) is 6.40. The highest BCUT2D eigenvalue weighted by molar-refractivity contribution is 5.85. The highest BCUT2D eigenvalue weighted by Crippen LogP contribution is 2.21. The van der Waals surface area contributed by atoms with Crippen molar-refractivity contribution in [2.24, 2.45) is 0 Å². The minimum absolute atomic E-state index is 0.198. The number of rotatable bonds is 7. The Morgan fingerprint density at radius 2 is 1.80 bits per heavy atom. The molecule has 1 aliphatic carbocycles. The Morgan fingerprint density at radius 3 is 2.48 bits per heavy atom. The second kappa shape index (κ2) is 9.81. The molecular formula is C19H26N2O4. The van der Waals surface area contributed by atoms with Crippen LogP contribution in [0.25, 0.3) is 0 Å². The van der Waals surface area contributed by atoms with Crippen LogP contribution in [0.5, 0.6) is 0 Å². The summed E-state index contributed by atoms with van der Waals surface area (Å²) in [6.45, 7) is -0.507. The summed E-state index contributed by atoms with van der Waals surface area (Å²) < 4.78 is 4.97. The number of carbonyl (C=O) groups is 3. The zero-order valence-corrected chi connectivity index (χ0v) is 14.7. The van der Waals surface area contributed by atoms with E-state index in [1.807, 2.05) is 30.3 Å². The van der Waals surface area contributed by atoms with Crippen molar-refractivity contribution in [2.45, 2.75) is 44.6 Å². The molecule has 6 heteroatoms. The Morgan fingerprint density at radius 1 is 1.12 bits per heavy atom. The van der Waals surface area contributed by atoms with Gasteiger partial charge in [-0.3, -0.25) is 14.4 Å². The lowest BCUT2D eigenvalue weighted by molar-refractivity contribution is -0.152. The van der Waals surface area contributed by atoms with Crippen molar-refractivity contribution < 1.29 is 19.1 Å². The number of hydrogen-bond donors (Lipinski definition) is 1. The van der Waals surface area contributed by atoms with Gasteiger partial charge in [-0.15, -0.1) is 0 Å². The molecule has 0 aliphatic heterocycles. The SMILES string of the molecule is CN(C(=O)COC(=O)CNC(=O)Cc1ccccc1)C1CCCCC1. The molecule has 1 aromatic rings. The van der Waals surface area contributed by atoms with Gasteiger partial charge in [0.25, 0.3) is 5.91 Å². The first-order valence-electron chi connectivity index (χ1n) is 8.78. The van der Waals surface area contributed by atoms with Crippen molar-refractivity contribution in [1.29, 1.82) is 0 Å². The molecule has 0 saturated heterocycles. The molecule has 0 spiro atoms. The fraction of sp³-hybridized carbons (Fsp3) is 0.526. The van der Waals surface area contributed by atoms with Gasteiger partial charge in [0.05, 0.1) is 6.42 Å². The number of ether oxygens (including phenoxy) is 1. The van der Waals surface area contributed by atoms with Crippen LogP contribution in [-0.4, -0.2) is 48.9 Å². The van der Waals surface area contributed by atoms with Crippen LogP contribution in [0.15, 0.2) is 30.3 Å². The number of hydrogen-bond acceptors (Lipinski definition) is 4. The van der Waals surface area contributed by atoms with Gasteiger partial charge in [-0.25, -0.2) is 0 Å². The van der Waals surface area contributed by atoms with Crippen molar-refractivity contribution >= 4 is 17.8 Å². The fourth-order valence-corrected chi connectivity index (χ4v) is 2.98. The molecule has 1 N–H and O–H groups in total. The molecular weight excluding hydrogens is 320 g/mol. The first-order valence-corrected chi connectivity index (χ1v) is 8.78. The first-order chi connectivity index (χ1) is 12.1. The Hall–Kier alpha value is -2.37. The van der Waals surface area contributed by atoms with Crippen molar-refractivity contribution in [2.75, 3.05) is 20.2 Å². The van der Waals surface area contributed by atoms with E-state index in [9.17, 15) is 14.4 Å². The van der Waals surface area contributed by atoms with Crippen LogP contribution in [0.2, 0.25) is 0 Å². The topological polar surface area (TPSA) is 75.7 Å². The molecule has 0 unspecified atom stereocenters. The first kappa shape index (κ1) is 19.0. The lowest BCUT2D eigenvalue weighted by Gasteiger charge is -2.31. The minimum Gasteiger partial charge on any atom is -0.454 e. The summed E-state index contributed by atoms with van der Waals surface area (Å²) in [5, 5.41) is 2.51. The maximum atomic E-state index is 12.1. The standard InChI is InChI=1S/C19H26N2O4/c1-21(16-10-6-3-7-11-16)18(23)14-25-19(24)13-20-17(22)12-15-8-4-2-5-9-15/h2,4-5,8-9,16H,3,6-7,10-14H2,1H3,(H,20,22). The van der Waals surface area contributed by atoms with E-state index < -0.39 is 5.97 Å². The quantitative estimate of drug-likeness (QED) is 0.762. The van der Waals surface area contributed by atoms with E-state index in [-0.39, 0.29) is 37.4 Å². The second-order valence-corrected chi connectivity index (χ2v) is 6.40. The average Bonchev–Trinajstić information content (AvgIpc) is 2.65. The molecule has 0 aromatic heterocycles. The van der Waals surface area contributed by atoms with Crippen LogP contribution in [0.3, 0.4) is 0 Å². The van der Waals surface area contributed by atoms with E-state index in [0.29, 0.717) is 0 Å². The smallest absolute Gasteiger partial charge is 0.325 e. The predicted molar refractivity (Wildman–Crippen MR) is 93.8 cm³/mol. The molecule has 0 atom stereocenters. The fourth-order valence-electron chi connectivity index (χ4n) is 2.98. The number of carbonyl (C=O) groups excluding carboxylic acids is 3. The molecule has 2 rings (SSSR count). The largest absolute Gasteiger partial charge is 0.454 e. The van der Waals surface area contributed by atoms with E-state index in [2.05, 4.69) is 5.32 Å². The lowest BCUT2D eigenvalue weighted by atomic mass is 9.94. The number of esters is 1. The van der Waals surface area contributed by atoms with Crippen molar-refractivity contribution in [3.63, 3.8) is 0 Å². The third-order valence-corrected chi connectivity index (χ3v) is 4.51. The molecule has 1 fully saturated rings. The Balaban J connectivity index is 1.64. The molecule has 25 heavy (non-hydrogen) atoms. The highest BCUT2D eigenvalue weighted by atomic mass is 16.5. The summed E-state index contributed by atoms with van der Waals surface area (Å²) in [6.07, 6.45) is 5.70. The van der Waals surface area contributed by atoms with Gasteiger partial charge < -0.3 is 15.0 Å². The number of amides is 2. The third kappa shape index (κ3) is 6.57. The maximum absolute atomic E-state index is 12.1. The van der Waals surface area contributed by atoms with Crippen LogP contribution in [0, 0.1) is 0 Å². The molecule has 0 heterocycles. The summed E-state index contributed by atoms with van der Waals surface area (Å²) in [4.78, 5) is 37.2. The summed E-state index contributed by atoms with van der Waals surface area (Å²) >= 11 is 0. The zero-order valence-electron chi connectivity index (χ0n) is 14.7. The van der Waals surface area contributed by atoms with Gasteiger partial charge in [0.2, 0.25) is 5.91 Å². The van der Waals surface area contributed by atoms with Gasteiger partial charge in [-0.2, -0.15) is 0 Å². The number of nitrogens with zero attached hydrogens (tertiary/aromatic N) is 1. The molecule has 6 nitrogen and oxygen atoms in total.